The molecule has 0 aliphatic carbocycles. The lowest BCUT2D eigenvalue weighted by molar-refractivity contribution is 0.372. The van der Waals surface area contributed by atoms with Gasteiger partial charge in [0.05, 0.1) is 23.2 Å². The van der Waals surface area contributed by atoms with Crippen LogP contribution in [-0.2, 0) is 0 Å². The number of aromatic nitrogens is 2. The van der Waals surface area contributed by atoms with Crippen LogP contribution in [0.4, 0.5) is 5.95 Å². The number of hydrogen-bond acceptors (Lipinski definition) is 6. The van der Waals surface area contributed by atoms with E-state index in [1.807, 2.05) is 28.8 Å². The first kappa shape index (κ1) is 14.6. The molecular formula is C16H14ClN5O2. The molecule has 2 heterocycles. The SMILES string of the molecule is COc1cc([C@H]2N=C(N)Nc3nc4ccccc4n32)cc(Cl)c1O. The Balaban J connectivity index is 1.96. The number of imidazole rings is 1. The second kappa shape index (κ2) is 5.31. The van der Waals surface area contributed by atoms with Crippen molar-refractivity contribution in [3.05, 3.63) is 47.0 Å². The second-order valence-electron chi connectivity index (χ2n) is 5.36. The highest BCUT2D eigenvalue weighted by Crippen LogP contribution is 2.40. The fraction of sp³-hybridized carbons (Fsp3) is 0.125. The summed E-state index contributed by atoms with van der Waals surface area (Å²) in [6, 6.07) is 11.1. The van der Waals surface area contributed by atoms with E-state index in [9.17, 15) is 5.11 Å². The van der Waals surface area contributed by atoms with Gasteiger partial charge >= 0.3 is 0 Å². The highest BCUT2D eigenvalue weighted by Gasteiger charge is 2.26. The molecule has 1 atom stereocenters. The first-order chi connectivity index (χ1) is 11.6. The maximum absolute atomic E-state index is 9.95. The molecule has 0 radical (unpaired) electrons. The number of guanidine groups is 1. The van der Waals surface area contributed by atoms with E-state index in [4.69, 9.17) is 22.1 Å². The van der Waals surface area contributed by atoms with E-state index >= 15 is 0 Å². The number of nitrogens with zero attached hydrogens (tertiary/aromatic N) is 3. The molecule has 0 saturated carbocycles. The van der Waals surface area contributed by atoms with Gasteiger partial charge in [-0.25, -0.2) is 9.98 Å². The Morgan fingerprint density at radius 3 is 2.92 bits per heavy atom. The largest absolute Gasteiger partial charge is 0.503 e. The Hall–Kier alpha value is -2.93. The van der Waals surface area contributed by atoms with Crippen molar-refractivity contribution in [2.75, 3.05) is 12.4 Å². The fourth-order valence-electron chi connectivity index (χ4n) is 2.84. The number of anilines is 1. The van der Waals surface area contributed by atoms with Gasteiger partial charge in [-0.3, -0.25) is 9.88 Å². The number of para-hydroxylation sites is 2. The molecule has 8 heteroatoms. The number of phenolic OH excluding ortho intramolecular Hbond substituents is 1. The minimum absolute atomic E-state index is 0.107. The average molecular weight is 344 g/mol. The van der Waals surface area contributed by atoms with E-state index < -0.39 is 6.17 Å². The molecular weight excluding hydrogens is 330 g/mol. The number of hydrogen-bond donors (Lipinski definition) is 3. The summed E-state index contributed by atoms with van der Waals surface area (Å²) in [4.78, 5) is 9.01. The van der Waals surface area contributed by atoms with Crippen LogP contribution in [0.2, 0.25) is 5.02 Å². The fourth-order valence-corrected chi connectivity index (χ4v) is 3.06. The lowest BCUT2D eigenvalue weighted by Gasteiger charge is -2.24. The standard InChI is InChI=1S/C16H14ClN5O2/c1-24-12-7-8(6-9(17)13(12)23)14-20-15(18)21-16-19-10-4-2-3-5-11(10)22(14)16/h2-7,14,23H,1H3,(H3,18,19,20,21)/t14-/m0/s1. The molecule has 4 rings (SSSR count). The van der Waals surface area contributed by atoms with Crippen molar-refractivity contribution in [1.29, 1.82) is 0 Å². The molecule has 1 aliphatic heterocycles. The zero-order valence-corrected chi connectivity index (χ0v) is 13.4. The number of aliphatic imine (C=N–C) groups is 1. The smallest absolute Gasteiger partial charge is 0.212 e. The van der Waals surface area contributed by atoms with Crippen LogP contribution in [0.5, 0.6) is 11.5 Å². The van der Waals surface area contributed by atoms with Crippen LogP contribution in [0, 0.1) is 0 Å². The highest BCUT2D eigenvalue weighted by atomic mass is 35.5. The Morgan fingerprint density at radius 2 is 2.12 bits per heavy atom. The van der Waals surface area contributed by atoms with Gasteiger partial charge in [0.2, 0.25) is 5.95 Å². The Labute approximate surface area is 142 Å². The molecule has 4 N–H and O–H groups in total. The Bertz CT molecular complexity index is 982. The maximum Gasteiger partial charge on any atom is 0.212 e. The monoisotopic (exact) mass is 343 g/mol. The van der Waals surface area contributed by atoms with Crippen LogP contribution in [-0.4, -0.2) is 27.7 Å². The maximum atomic E-state index is 9.95. The molecule has 24 heavy (non-hydrogen) atoms. The van der Waals surface area contributed by atoms with E-state index in [1.54, 1.807) is 12.1 Å². The third kappa shape index (κ3) is 2.13. The van der Waals surface area contributed by atoms with Crippen molar-refractivity contribution in [3.8, 4) is 11.5 Å². The summed E-state index contributed by atoms with van der Waals surface area (Å²) in [5.41, 5.74) is 8.37. The number of fused-ring (bicyclic) bond motifs is 3. The minimum Gasteiger partial charge on any atom is -0.503 e. The molecule has 0 spiro atoms. The van der Waals surface area contributed by atoms with E-state index in [0.29, 0.717) is 5.95 Å². The zero-order valence-electron chi connectivity index (χ0n) is 12.7. The van der Waals surface area contributed by atoms with Crippen LogP contribution < -0.4 is 15.8 Å². The molecule has 2 aromatic carbocycles. The Kier molecular flexibility index (Phi) is 3.24. The van der Waals surface area contributed by atoms with Crippen molar-refractivity contribution in [3.63, 3.8) is 0 Å². The van der Waals surface area contributed by atoms with Gasteiger partial charge in [0.25, 0.3) is 0 Å². The predicted molar refractivity (Wildman–Crippen MR) is 92.8 cm³/mol. The molecule has 0 unspecified atom stereocenters. The van der Waals surface area contributed by atoms with Crippen LogP contribution in [0.25, 0.3) is 11.0 Å². The van der Waals surface area contributed by atoms with Gasteiger partial charge in [-0.1, -0.05) is 23.7 Å². The van der Waals surface area contributed by atoms with Crippen LogP contribution >= 0.6 is 11.6 Å². The number of phenols is 1. The van der Waals surface area contributed by atoms with Crippen LogP contribution in [0.1, 0.15) is 11.7 Å². The summed E-state index contributed by atoms with van der Waals surface area (Å²) in [5.74, 6) is 1.02. The summed E-state index contributed by atoms with van der Waals surface area (Å²) in [5, 5.41) is 13.1. The van der Waals surface area contributed by atoms with Crippen molar-refractivity contribution in [2.24, 2.45) is 10.7 Å². The van der Waals surface area contributed by atoms with Gasteiger partial charge in [-0.05, 0) is 24.3 Å². The number of methoxy groups -OCH3 is 1. The number of nitrogens with one attached hydrogen (secondary N) is 1. The van der Waals surface area contributed by atoms with Gasteiger partial charge in [-0.2, -0.15) is 0 Å². The lowest BCUT2D eigenvalue weighted by atomic mass is 10.1. The summed E-state index contributed by atoms with van der Waals surface area (Å²) < 4.78 is 7.11. The molecule has 0 saturated heterocycles. The topological polar surface area (TPSA) is 97.7 Å². The van der Waals surface area contributed by atoms with E-state index in [2.05, 4.69) is 15.3 Å². The quantitative estimate of drug-likeness (QED) is 0.664. The van der Waals surface area contributed by atoms with E-state index in [-0.39, 0.29) is 22.5 Å². The van der Waals surface area contributed by atoms with E-state index in [0.717, 1.165) is 16.6 Å². The summed E-state index contributed by atoms with van der Waals surface area (Å²) >= 11 is 6.12. The molecule has 1 aromatic heterocycles. The van der Waals surface area contributed by atoms with Crippen LogP contribution in [0.3, 0.4) is 0 Å². The van der Waals surface area contributed by atoms with Gasteiger partial charge in [0, 0.05) is 5.56 Å². The molecule has 122 valence electrons. The van der Waals surface area contributed by atoms with Gasteiger partial charge in [0.15, 0.2) is 23.6 Å². The third-order valence-electron chi connectivity index (χ3n) is 3.91. The average Bonchev–Trinajstić information content (AvgIpc) is 2.94. The molecule has 1 aliphatic rings. The highest BCUT2D eigenvalue weighted by molar-refractivity contribution is 6.32. The number of halogens is 1. The van der Waals surface area contributed by atoms with Crippen molar-refractivity contribution in [1.82, 2.24) is 9.55 Å². The molecule has 7 nitrogen and oxygen atoms in total. The molecule has 0 amide bonds. The number of benzene rings is 2. The summed E-state index contributed by atoms with van der Waals surface area (Å²) in [6.45, 7) is 0. The van der Waals surface area contributed by atoms with Gasteiger partial charge in [-0.15, -0.1) is 0 Å². The van der Waals surface area contributed by atoms with Gasteiger partial charge < -0.3 is 15.6 Å². The zero-order chi connectivity index (χ0) is 16.8. The van der Waals surface area contributed by atoms with Crippen molar-refractivity contribution in [2.45, 2.75) is 6.17 Å². The van der Waals surface area contributed by atoms with Crippen molar-refractivity contribution < 1.29 is 9.84 Å². The molecule has 0 fully saturated rings. The first-order valence-electron chi connectivity index (χ1n) is 7.22. The number of ether oxygens (including phenoxy) is 1. The molecule has 3 aromatic rings. The first-order valence-corrected chi connectivity index (χ1v) is 7.60. The van der Waals surface area contributed by atoms with E-state index in [1.165, 1.54) is 7.11 Å². The summed E-state index contributed by atoms with van der Waals surface area (Å²) in [7, 11) is 1.47. The van der Waals surface area contributed by atoms with Crippen molar-refractivity contribution >= 4 is 34.5 Å². The normalized spacial score (nSPS) is 16.4. The lowest BCUT2D eigenvalue weighted by Crippen LogP contribution is -2.31. The second-order valence-corrected chi connectivity index (χ2v) is 5.77. The summed E-state index contributed by atoms with van der Waals surface area (Å²) in [6.07, 6.45) is -0.472. The molecule has 0 bridgehead atoms. The third-order valence-corrected chi connectivity index (χ3v) is 4.20. The van der Waals surface area contributed by atoms with Gasteiger partial charge in [0.1, 0.15) is 0 Å². The number of nitrogens with two attached hydrogens (primary N) is 1. The predicted octanol–water partition coefficient (Wildman–Crippen LogP) is 2.69. The number of aromatic hydroxyl groups is 1. The van der Waals surface area contributed by atoms with Crippen LogP contribution in [0.15, 0.2) is 41.4 Å². The number of rotatable bonds is 2. The minimum atomic E-state index is -0.472. The Morgan fingerprint density at radius 1 is 1.33 bits per heavy atom.